The van der Waals surface area contributed by atoms with Crippen LogP contribution in [-0.2, 0) is 16.0 Å². The third kappa shape index (κ3) is 4.07. The van der Waals surface area contributed by atoms with Gasteiger partial charge in [-0.2, -0.15) is 0 Å². The van der Waals surface area contributed by atoms with E-state index in [9.17, 15) is 4.79 Å². The first kappa shape index (κ1) is 19.8. The molecule has 31 heavy (non-hydrogen) atoms. The number of methoxy groups -OCH3 is 1. The van der Waals surface area contributed by atoms with Crippen LogP contribution in [0.3, 0.4) is 0 Å². The molecule has 1 saturated heterocycles. The van der Waals surface area contributed by atoms with E-state index >= 15 is 0 Å². The lowest BCUT2D eigenvalue weighted by Crippen LogP contribution is -2.37. The van der Waals surface area contributed by atoms with Crippen molar-refractivity contribution in [3.8, 4) is 11.4 Å². The smallest absolute Gasteiger partial charge is 0.227 e. The van der Waals surface area contributed by atoms with E-state index in [2.05, 4.69) is 20.3 Å². The molecule has 1 aliphatic carbocycles. The molecule has 1 aliphatic heterocycles. The first-order valence-corrected chi connectivity index (χ1v) is 10.7. The van der Waals surface area contributed by atoms with Crippen LogP contribution in [-0.4, -0.2) is 62.1 Å². The molecule has 0 aromatic carbocycles. The van der Waals surface area contributed by atoms with Crippen molar-refractivity contribution in [1.29, 1.82) is 0 Å². The van der Waals surface area contributed by atoms with Gasteiger partial charge in [0, 0.05) is 38.8 Å². The predicted molar refractivity (Wildman–Crippen MR) is 114 cm³/mol. The molecule has 0 spiro atoms. The van der Waals surface area contributed by atoms with Crippen molar-refractivity contribution in [2.45, 2.75) is 31.4 Å². The predicted octanol–water partition coefficient (Wildman–Crippen LogP) is 2.40. The molecule has 1 amide bonds. The Bertz CT molecular complexity index is 1020. The largest absolute Gasteiger partial charge is 0.379 e. The Hall–Kier alpha value is -3.13. The molecule has 160 valence electrons. The zero-order chi connectivity index (χ0) is 21.2. The molecule has 5 rings (SSSR count). The van der Waals surface area contributed by atoms with Crippen LogP contribution in [0.4, 0.5) is 0 Å². The Morgan fingerprint density at radius 1 is 1.06 bits per heavy atom. The fourth-order valence-corrected chi connectivity index (χ4v) is 4.98. The highest BCUT2D eigenvalue weighted by molar-refractivity contribution is 5.79. The summed E-state index contributed by atoms with van der Waals surface area (Å²) in [5.41, 5.74) is 2.58. The highest BCUT2D eigenvalue weighted by Crippen LogP contribution is 2.42. The number of carbonyl (C=O) groups is 1. The fourth-order valence-electron chi connectivity index (χ4n) is 4.98. The lowest BCUT2D eigenvalue weighted by atomic mass is 9.77. The number of fused-ring (bicyclic) bond motifs is 1. The van der Waals surface area contributed by atoms with Crippen LogP contribution in [0.25, 0.3) is 11.4 Å². The third-order valence-electron chi connectivity index (χ3n) is 6.62. The van der Waals surface area contributed by atoms with E-state index in [0.29, 0.717) is 18.3 Å². The van der Waals surface area contributed by atoms with Crippen molar-refractivity contribution >= 4 is 5.91 Å². The Kier molecular flexibility index (Phi) is 5.46. The summed E-state index contributed by atoms with van der Waals surface area (Å²) in [7, 11) is 1.76. The molecule has 4 heterocycles. The number of carbonyl (C=O) groups excluding carboxylic acids is 1. The maximum atomic E-state index is 12.9. The van der Waals surface area contributed by atoms with Gasteiger partial charge in [-0.1, -0.05) is 11.3 Å². The molecule has 2 fully saturated rings. The number of pyridine rings is 2. The summed E-state index contributed by atoms with van der Waals surface area (Å²) >= 11 is 0. The minimum Gasteiger partial charge on any atom is -0.379 e. The minimum absolute atomic E-state index is 0.0507. The maximum absolute atomic E-state index is 12.9. The van der Waals surface area contributed by atoms with Crippen molar-refractivity contribution in [3.63, 3.8) is 0 Å². The van der Waals surface area contributed by atoms with E-state index in [0.717, 1.165) is 42.9 Å². The average Bonchev–Trinajstić information content (AvgIpc) is 3.46. The molecule has 3 aromatic rings. The van der Waals surface area contributed by atoms with Gasteiger partial charge in [-0.15, -0.1) is 5.10 Å². The molecule has 0 N–H and O–H groups in total. The van der Waals surface area contributed by atoms with E-state index in [-0.39, 0.29) is 18.1 Å². The number of likely N-dealkylation sites (tertiary alicyclic amines) is 1. The van der Waals surface area contributed by atoms with Crippen LogP contribution >= 0.6 is 0 Å². The lowest BCUT2D eigenvalue weighted by molar-refractivity contribution is -0.129. The van der Waals surface area contributed by atoms with Gasteiger partial charge >= 0.3 is 0 Å². The summed E-state index contributed by atoms with van der Waals surface area (Å²) in [6.45, 7) is 1.60. The quantitative estimate of drug-likeness (QED) is 0.633. The summed E-state index contributed by atoms with van der Waals surface area (Å²) in [6, 6.07) is 9.68. The summed E-state index contributed by atoms with van der Waals surface area (Å²) in [5.74, 6) is 1.09. The normalized spacial score (nSPS) is 25.4. The van der Waals surface area contributed by atoms with Gasteiger partial charge < -0.3 is 9.64 Å². The molecule has 0 unspecified atom stereocenters. The van der Waals surface area contributed by atoms with Gasteiger partial charge in [0.15, 0.2) is 0 Å². The average molecular weight is 419 g/mol. The Balaban J connectivity index is 1.29. The molecule has 8 nitrogen and oxygen atoms in total. The van der Waals surface area contributed by atoms with Crippen molar-refractivity contribution in [2.24, 2.45) is 11.8 Å². The molecule has 0 bridgehead atoms. The SMILES string of the molecule is CO[C@@H]1C[C@H]2CN(C(=O)Cc3ccncc3)C[C@H]2C[C@H]1n1cc(-c2ccccn2)nn1. The van der Waals surface area contributed by atoms with Crippen molar-refractivity contribution in [3.05, 3.63) is 60.7 Å². The molecule has 3 aromatic heterocycles. The van der Waals surface area contributed by atoms with Crippen molar-refractivity contribution in [2.75, 3.05) is 20.2 Å². The Morgan fingerprint density at radius 3 is 2.61 bits per heavy atom. The Morgan fingerprint density at radius 2 is 1.87 bits per heavy atom. The molecule has 8 heteroatoms. The highest BCUT2D eigenvalue weighted by atomic mass is 16.5. The van der Waals surface area contributed by atoms with E-state index in [1.54, 1.807) is 25.7 Å². The van der Waals surface area contributed by atoms with Gasteiger partial charge in [0.1, 0.15) is 5.69 Å². The van der Waals surface area contributed by atoms with Crippen molar-refractivity contribution in [1.82, 2.24) is 29.9 Å². The summed E-state index contributed by atoms with van der Waals surface area (Å²) < 4.78 is 7.78. The summed E-state index contributed by atoms with van der Waals surface area (Å²) in [6.07, 6.45) is 9.50. The van der Waals surface area contributed by atoms with Crippen LogP contribution in [0, 0.1) is 11.8 Å². The van der Waals surface area contributed by atoms with Gasteiger partial charge in [-0.05, 0) is 54.5 Å². The number of nitrogens with zero attached hydrogens (tertiary/aromatic N) is 6. The van der Waals surface area contributed by atoms with Gasteiger partial charge in [0.05, 0.1) is 30.5 Å². The first-order chi connectivity index (χ1) is 15.2. The van der Waals surface area contributed by atoms with Gasteiger partial charge in [-0.3, -0.25) is 14.8 Å². The van der Waals surface area contributed by atoms with Crippen LogP contribution in [0.5, 0.6) is 0 Å². The molecule has 0 radical (unpaired) electrons. The van der Waals surface area contributed by atoms with Crippen LogP contribution in [0.2, 0.25) is 0 Å². The minimum atomic E-state index is 0.0507. The summed E-state index contributed by atoms with van der Waals surface area (Å²) in [4.78, 5) is 23.3. The topological polar surface area (TPSA) is 86.0 Å². The second kappa shape index (κ2) is 8.55. The van der Waals surface area contributed by atoms with E-state index < -0.39 is 0 Å². The number of hydrogen-bond acceptors (Lipinski definition) is 6. The molecule has 1 saturated carbocycles. The molecular formula is C23H26N6O2. The maximum Gasteiger partial charge on any atom is 0.227 e. The molecule has 2 aliphatic rings. The summed E-state index contributed by atoms with van der Waals surface area (Å²) in [5, 5.41) is 8.73. The number of amides is 1. The highest BCUT2D eigenvalue weighted by Gasteiger charge is 2.44. The zero-order valence-corrected chi connectivity index (χ0v) is 17.5. The number of aromatic nitrogens is 5. The monoisotopic (exact) mass is 418 g/mol. The molecule has 4 atom stereocenters. The first-order valence-electron chi connectivity index (χ1n) is 10.7. The second-order valence-electron chi connectivity index (χ2n) is 8.46. The number of ether oxygens (including phenoxy) is 1. The van der Waals surface area contributed by atoms with E-state index in [1.165, 1.54) is 0 Å². The molecular weight excluding hydrogens is 392 g/mol. The standard InChI is InChI=1S/C23H26N6O2/c1-31-22-12-18-14-28(23(30)10-16-5-8-24-9-6-16)13-17(18)11-21(22)29-15-20(26-27-29)19-4-2-3-7-25-19/h2-9,15,17-18,21-22H,10-14H2,1H3/t17-,18+,21-,22-/m1/s1. The fraction of sp³-hybridized carbons (Fsp3) is 0.435. The zero-order valence-electron chi connectivity index (χ0n) is 17.5. The van der Waals surface area contributed by atoms with Gasteiger partial charge in [0.2, 0.25) is 5.91 Å². The lowest BCUT2D eigenvalue weighted by Gasteiger charge is -2.36. The van der Waals surface area contributed by atoms with Crippen LogP contribution < -0.4 is 0 Å². The number of rotatable bonds is 5. The van der Waals surface area contributed by atoms with Gasteiger partial charge in [-0.25, -0.2) is 4.68 Å². The second-order valence-corrected chi connectivity index (χ2v) is 8.46. The van der Waals surface area contributed by atoms with Gasteiger partial charge in [0.25, 0.3) is 0 Å². The Labute approximate surface area is 181 Å². The van der Waals surface area contributed by atoms with Crippen LogP contribution in [0.15, 0.2) is 55.1 Å². The number of hydrogen-bond donors (Lipinski definition) is 0. The van der Waals surface area contributed by atoms with E-state index in [1.807, 2.05) is 46.1 Å². The van der Waals surface area contributed by atoms with E-state index in [4.69, 9.17) is 4.74 Å². The van der Waals surface area contributed by atoms with Crippen molar-refractivity contribution < 1.29 is 9.53 Å². The van der Waals surface area contributed by atoms with Crippen LogP contribution in [0.1, 0.15) is 24.4 Å². The third-order valence-corrected chi connectivity index (χ3v) is 6.62.